The summed E-state index contributed by atoms with van der Waals surface area (Å²) in [5, 5.41) is 7.43. The van der Waals surface area contributed by atoms with Gasteiger partial charge in [0, 0.05) is 16.9 Å². The number of allylic oxidation sites excluding steroid dienone is 4. The average molecular weight is 854 g/mol. The fourth-order valence-corrected chi connectivity index (χ4v) is 9.94. The second-order valence-corrected chi connectivity index (χ2v) is 17.7. The minimum atomic E-state index is 1.01. The van der Waals surface area contributed by atoms with Crippen LogP contribution in [0.3, 0.4) is 0 Å². The molecule has 0 bridgehead atoms. The second kappa shape index (κ2) is 17.5. The molecule has 1 heteroatoms. The van der Waals surface area contributed by atoms with Gasteiger partial charge in [0.05, 0.1) is 5.69 Å². The molecule has 1 nitrogen and oxygen atoms in total. The van der Waals surface area contributed by atoms with Crippen LogP contribution in [0, 0.1) is 0 Å². The molecule has 0 fully saturated rings. The van der Waals surface area contributed by atoms with Crippen molar-refractivity contribution in [2.45, 2.75) is 12.8 Å². The summed E-state index contributed by atoms with van der Waals surface area (Å²) in [6.07, 6.45) is 6.66. The molecule has 0 saturated heterocycles. The molecule has 67 heavy (non-hydrogen) atoms. The van der Waals surface area contributed by atoms with E-state index in [2.05, 4.69) is 266 Å². The number of anilines is 3. The Balaban J connectivity index is 0.984. The normalized spacial score (nSPS) is 12.5. The Morgan fingerprint density at radius 1 is 0.239 bits per heavy atom. The van der Waals surface area contributed by atoms with Crippen molar-refractivity contribution >= 4 is 60.5 Å². The van der Waals surface area contributed by atoms with Crippen LogP contribution in [0.15, 0.2) is 261 Å². The predicted octanol–water partition coefficient (Wildman–Crippen LogP) is 18.5. The lowest BCUT2D eigenvalue weighted by Crippen LogP contribution is -2.11. The van der Waals surface area contributed by atoms with Gasteiger partial charge in [-0.15, -0.1) is 0 Å². The van der Waals surface area contributed by atoms with Crippen LogP contribution in [0.25, 0.3) is 88.0 Å². The first-order chi connectivity index (χ1) is 33.2. The van der Waals surface area contributed by atoms with E-state index in [0.29, 0.717) is 0 Å². The number of benzene rings is 11. The van der Waals surface area contributed by atoms with E-state index >= 15 is 0 Å². The molecule has 1 aliphatic carbocycles. The molecule has 0 N–H and O–H groups in total. The quantitative estimate of drug-likeness (QED) is 0.140. The highest BCUT2D eigenvalue weighted by Crippen LogP contribution is 2.45. The molecule has 1 aliphatic rings. The number of nitrogens with zero attached hydrogens (tertiary/aromatic N) is 1. The van der Waals surface area contributed by atoms with Crippen molar-refractivity contribution in [3.63, 3.8) is 0 Å². The summed E-state index contributed by atoms with van der Waals surface area (Å²) in [4.78, 5) is 2.46. The van der Waals surface area contributed by atoms with Gasteiger partial charge in [-0.2, -0.15) is 0 Å². The van der Waals surface area contributed by atoms with Crippen LogP contribution in [0.5, 0.6) is 0 Å². The third-order valence-corrected chi connectivity index (χ3v) is 13.6. The van der Waals surface area contributed by atoms with E-state index in [1.54, 1.807) is 0 Å². The van der Waals surface area contributed by atoms with Crippen molar-refractivity contribution < 1.29 is 0 Å². The van der Waals surface area contributed by atoms with E-state index in [-0.39, 0.29) is 0 Å². The Bertz CT molecular complexity index is 3670. The molecule has 316 valence electrons. The van der Waals surface area contributed by atoms with Gasteiger partial charge < -0.3 is 4.90 Å². The van der Waals surface area contributed by atoms with Crippen LogP contribution in [-0.4, -0.2) is 0 Å². The minimum Gasteiger partial charge on any atom is -0.310 e. The van der Waals surface area contributed by atoms with Crippen molar-refractivity contribution in [3.8, 4) is 44.5 Å². The Morgan fingerprint density at radius 2 is 0.612 bits per heavy atom. The van der Waals surface area contributed by atoms with Crippen LogP contribution >= 0.6 is 0 Å². The molecule has 0 amide bonds. The third-order valence-electron chi connectivity index (χ3n) is 13.6. The lowest BCUT2D eigenvalue weighted by Gasteiger charge is -2.29. The molecule has 0 aromatic heterocycles. The van der Waals surface area contributed by atoms with Crippen molar-refractivity contribution in [1.29, 1.82) is 0 Å². The summed E-state index contributed by atoms with van der Waals surface area (Å²) in [6, 6.07) is 91.3. The molecule has 0 atom stereocenters. The van der Waals surface area contributed by atoms with Crippen LogP contribution in [0.4, 0.5) is 17.1 Å². The highest BCUT2D eigenvalue weighted by Gasteiger charge is 2.20. The monoisotopic (exact) mass is 853 g/mol. The standard InChI is InChI=1S/C66H47N/c1-2-11-46(12-3-1)50-21-23-51(24-22-50)52-31-36-63(37-32-52)67(64-38-33-53(34-39-64)57-19-10-20-58(41-57)59-28-25-47-13-4-7-16-54(47)42-59)66-45-61(60-29-26-48-14-5-8-17-55(48)43-60)35-40-65(66)62-30-27-49-15-6-9-18-56(49)44-62/h1-21,23,25-45H,22,24H2. The van der Waals surface area contributed by atoms with Crippen molar-refractivity contribution in [2.24, 2.45) is 0 Å². The molecule has 0 heterocycles. The van der Waals surface area contributed by atoms with Crippen molar-refractivity contribution in [1.82, 2.24) is 0 Å². The van der Waals surface area contributed by atoms with E-state index in [0.717, 1.165) is 29.9 Å². The molecular formula is C66H47N. The first-order valence-corrected chi connectivity index (χ1v) is 23.3. The van der Waals surface area contributed by atoms with Gasteiger partial charge >= 0.3 is 0 Å². The number of rotatable bonds is 9. The largest absolute Gasteiger partial charge is 0.310 e. The van der Waals surface area contributed by atoms with Gasteiger partial charge in [-0.1, -0.05) is 206 Å². The SMILES string of the molecule is C1=C(c2ccccc2)CCC(c2ccc(N(c3ccc(-c4cccc(-c5ccc6ccccc6c5)c4)cc3)c3cc(-c4ccc5ccccc5c4)ccc3-c3ccc4ccccc4c3)cc2)=C1. The molecule has 0 spiro atoms. The van der Waals surface area contributed by atoms with Crippen LogP contribution in [0.2, 0.25) is 0 Å². The lowest BCUT2D eigenvalue weighted by molar-refractivity contribution is 1.07. The van der Waals surface area contributed by atoms with E-state index in [4.69, 9.17) is 0 Å². The second-order valence-electron chi connectivity index (χ2n) is 17.7. The van der Waals surface area contributed by atoms with E-state index in [1.807, 2.05) is 0 Å². The maximum absolute atomic E-state index is 2.46. The van der Waals surface area contributed by atoms with E-state index in [9.17, 15) is 0 Å². The zero-order chi connectivity index (χ0) is 44.5. The van der Waals surface area contributed by atoms with Gasteiger partial charge in [-0.25, -0.2) is 0 Å². The average Bonchev–Trinajstić information content (AvgIpc) is 3.41. The third kappa shape index (κ3) is 8.03. The molecule has 12 rings (SSSR count). The van der Waals surface area contributed by atoms with E-state index < -0.39 is 0 Å². The summed E-state index contributed by atoms with van der Waals surface area (Å²) in [6.45, 7) is 0. The summed E-state index contributed by atoms with van der Waals surface area (Å²) >= 11 is 0. The highest BCUT2D eigenvalue weighted by molar-refractivity contribution is 5.96. The predicted molar refractivity (Wildman–Crippen MR) is 287 cm³/mol. The maximum atomic E-state index is 2.46. The van der Waals surface area contributed by atoms with Gasteiger partial charge in [0.2, 0.25) is 0 Å². The number of hydrogen-bond donors (Lipinski definition) is 0. The first kappa shape index (κ1) is 40.0. The van der Waals surface area contributed by atoms with Gasteiger partial charge in [0.25, 0.3) is 0 Å². The fourth-order valence-electron chi connectivity index (χ4n) is 9.94. The van der Waals surface area contributed by atoms with Gasteiger partial charge in [-0.3, -0.25) is 0 Å². The smallest absolute Gasteiger partial charge is 0.0546 e. The number of fused-ring (bicyclic) bond motifs is 3. The first-order valence-electron chi connectivity index (χ1n) is 23.3. The molecule has 0 unspecified atom stereocenters. The Morgan fingerprint density at radius 3 is 1.15 bits per heavy atom. The Kier molecular flexibility index (Phi) is 10.4. The van der Waals surface area contributed by atoms with Crippen molar-refractivity contribution in [2.75, 3.05) is 4.90 Å². The molecule has 0 aliphatic heterocycles. The zero-order valence-corrected chi connectivity index (χ0v) is 37.2. The Hall–Kier alpha value is -8.52. The van der Waals surface area contributed by atoms with Gasteiger partial charge in [0.1, 0.15) is 0 Å². The van der Waals surface area contributed by atoms with Crippen LogP contribution in [-0.2, 0) is 0 Å². The van der Waals surface area contributed by atoms with Crippen LogP contribution < -0.4 is 4.90 Å². The lowest BCUT2D eigenvalue weighted by atomic mass is 9.90. The molecular weight excluding hydrogens is 807 g/mol. The Labute approximate surface area is 392 Å². The summed E-state index contributed by atoms with van der Waals surface area (Å²) < 4.78 is 0. The topological polar surface area (TPSA) is 3.24 Å². The van der Waals surface area contributed by atoms with Gasteiger partial charge in [-0.05, 0) is 161 Å². The summed E-state index contributed by atoms with van der Waals surface area (Å²) in [5.74, 6) is 0. The summed E-state index contributed by atoms with van der Waals surface area (Å²) in [5.41, 5.74) is 18.1. The number of hydrogen-bond acceptors (Lipinski definition) is 1. The highest BCUT2D eigenvalue weighted by atomic mass is 15.1. The zero-order valence-electron chi connectivity index (χ0n) is 37.2. The fraction of sp³-hybridized carbons (Fsp3) is 0.0303. The van der Waals surface area contributed by atoms with E-state index in [1.165, 1.54) is 99.1 Å². The van der Waals surface area contributed by atoms with Gasteiger partial charge in [0.15, 0.2) is 0 Å². The summed E-state index contributed by atoms with van der Waals surface area (Å²) in [7, 11) is 0. The van der Waals surface area contributed by atoms with Crippen molar-refractivity contribution in [3.05, 3.63) is 272 Å². The minimum absolute atomic E-state index is 1.01. The molecule has 11 aromatic carbocycles. The van der Waals surface area contributed by atoms with Crippen LogP contribution in [0.1, 0.15) is 24.0 Å². The molecule has 0 saturated carbocycles. The molecule has 11 aromatic rings. The molecule has 0 radical (unpaired) electrons. The maximum Gasteiger partial charge on any atom is 0.0546 e.